The van der Waals surface area contributed by atoms with Gasteiger partial charge in [0.2, 0.25) is 0 Å². The van der Waals surface area contributed by atoms with Crippen LogP contribution < -0.4 is 15.4 Å². The standard InChI is InChI=1S/C20H32N6O.HI/c1-5-21-20(22-12-6-14-26-15-7-13-24-26)23-16-19(25(2)3)17-8-10-18(27-4)11-9-17;/h7-11,13,15,19H,5-6,12,14,16H2,1-4H3,(H2,21,22,23);1H. The van der Waals surface area contributed by atoms with Crippen LogP contribution in [0.25, 0.3) is 0 Å². The Morgan fingerprint density at radius 2 is 2.00 bits per heavy atom. The van der Waals surface area contributed by atoms with Crippen LogP contribution in [0.3, 0.4) is 0 Å². The number of hydrogen-bond acceptors (Lipinski definition) is 4. The third kappa shape index (κ3) is 8.05. The van der Waals surface area contributed by atoms with Crippen LogP contribution in [0, 0.1) is 0 Å². The summed E-state index contributed by atoms with van der Waals surface area (Å²) >= 11 is 0. The van der Waals surface area contributed by atoms with E-state index >= 15 is 0 Å². The number of nitrogens with zero attached hydrogens (tertiary/aromatic N) is 4. The molecular formula is C20H33IN6O. The van der Waals surface area contributed by atoms with Gasteiger partial charge in [0.15, 0.2) is 5.96 Å². The largest absolute Gasteiger partial charge is 0.497 e. The van der Waals surface area contributed by atoms with E-state index < -0.39 is 0 Å². The minimum Gasteiger partial charge on any atom is -0.497 e. The first-order chi connectivity index (χ1) is 13.1. The van der Waals surface area contributed by atoms with E-state index in [1.54, 1.807) is 13.3 Å². The van der Waals surface area contributed by atoms with E-state index in [-0.39, 0.29) is 30.0 Å². The van der Waals surface area contributed by atoms with E-state index in [0.717, 1.165) is 37.8 Å². The number of likely N-dealkylation sites (N-methyl/N-ethyl adjacent to an activating group) is 1. The molecule has 0 fully saturated rings. The summed E-state index contributed by atoms with van der Waals surface area (Å²) in [4.78, 5) is 6.97. The highest BCUT2D eigenvalue weighted by atomic mass is 127. The molecule has 7 nitrogen and oxygen atoms in total. The number of ether oxygens (including phenoxy) is 1. The lowest BCUT2D eigenvalue weighted by Crippen LogP contribution is -2.38. The molecule has 0 bridgehead atoms. The molecule has 1 aromatic carbocycles. The molecule has 0 aliphatic carbocycles. The maximum absolute atomic E-state index is 5.25. The van der Waals surface area contributed by atoms with E-state index in [2.05, 4.69) is 53.8 Å². The zero-order chi connectivity index (χ0) is 19.5. The van der Waals surface area contributed by atoms with Gasteiger partial charge in [-0.15, -0.1) is 24.0 Å². The fraction of sp³-hybridized carbons (Fsp3) is 0.500. The number of rotatable bonds is 10. The third-order valence-electron chi connectivity index (χ3n) is 4.31. The van der Waals surface area contributed by atoms with Gasteiger partial charge in [-0.1, -0.05) is 12.1 Å². The minimum absolute atomic E-state index is 0. The lowest BCUT2D eigenvalue weighted by atomic mass is 10.1. The van der Waals surface area contributed by atoms with Crippen LogP contribution in [0.15, 0.2) is 47.7 Å². The van der Waals surface area contributed by atoms with Crippen molar-refractivity contribution in [2.45, 2.75) is 25.9 Å². The number of aliphatic imine (C=N–C) groups is 1. The first kappa shape index (κ1) is 24.2. The Kier molecular flexibility index (Phi) is 11.6. The summed E-state index contributed by atoms with van der Waals surface area (Å²) in [7, 11) is 5.84. The van der Waals surface area contributed by atoms with Crippen molar-refractivity contribution in [1.29, 1.82) is 0 Å². The second kappa shape index (κ2) is 13.4. The predicted octanol–water partition coefficient (Wildman–Crippen LogP) is 2.76. The van der Waals surface area contributed by atoms with Crippen LogP contribution in [0.5, 0.6) is 5.75 Å². The van der Waals surface area contributed by atoms with Crippen molar-refractivity contribution in [3.8, 4) is 5.75 Å². The number of benzene rings is 1. The summed E-state index contributed by atoms with van der Waals surface area (Å²) in [6, 6.07) is 10.3. The van der Waals surface area contributed by atoms with Gasteiger partial charge in [0.05, 0.1) is 19.7 Å². The number of nitrogens with one attached hydrogen (secondary N) is 2. The number of halogens is 1. The maximum Gasteiger partial charge on any atom is 0.191 e. The molecule has 0 spiro atoms. The maximum atomic E-state index is 5.25. The van der Waals surface area contributed by atoms with E-state index in [0.29, 0.717) is 6.54 Å². The van der Waals surface area contributed by atoms with Crippen LogP contribution >= 0.6 is 24.0 Å². The highest BCUT2D eigenvalue weighted by molar-refractivity contribution is 14.0. The van der Waals surface area contributed by atoms with E-state index in [1.165, 1.54) is 5.56 Å². The highest BCUT2D eigenvalue weighted by Crippen LogP contribution is 2.21. The molecule has 2 aromatic rings. The zero-order valence-electron chi connectivity index (χ0n) is 17.3. The van der Waals surface area contributed by atoms with Gasteiger partial charge in [-0.25, -0.2) is 0 Å². The summed E-state index contributed by atoms with van der Waals surface area (Å²) in [6.45, 7) is 5.33. The number of aryl methyl sites for hydroxylation is 1. The molecule has 0 saturated heterocycles. The average molecular weight is 500 g/mol. The third-order valence-corrected chi connectivity index (χ3v) is 4.31. The van der Waals surface area contributed by atoms with E-state index in [1.807, 2.05) is 29.1 Å². The van der Waals surface area contributed by atoms with Crippen LogP contribution in [0.2, 0.25) is 0 Å². The molecule has 0 saturated carbocycles. The molecule has 0 aliphatic heterocycles. The Labute approximate surface area is 185 Å². The van der Waals surface area contributed by atoms with Crippen molar-refractivity contribution in [2.24, 2.45) is 4.99 Å². The van der Waals surface area contributed by atoms with E-state index in [9.17, 15) is 0 Å². The fourth-order valence-electron chi connectivity index (χ4n) is 2.79. The molecule has 2 rings (SSSR count). The molecule has 156 valence electrons. The van der Waals surface area contributed by atoms with Crippen molar-refractivity contribution in [3.63, 3.8) is 0 Å². The first-order valence-electron chi connectivity index (χ1n) is 9.44. The number of guanidine groups is 1. The second-order valence-corrected chi connectivity index (χ2v) is 6.52. The van der Waals surface area contributed by atoms with Gasteiger partial charge in [0, 0.05) is 32.0 Å². The molecule has 2 N–H and O–H groups in total. The molecule has 1 heterocycles. The average Bonchev–Trinajstić information content (AvgIpc) is 3.19. The number of methoxy groups -OCH3 is 1. The normalized spacial score (nSPS) is 12.4. The van der Waals surface area contributed by atoms with Crippen molar-refractivity contribution in [1.82, 2.24) is 25.3 Å². The Bertz CT molecular complexity index is 673. The van der Waals surface area contributed by atoms with E-state index in [4.69, 9.17) is 9.73 Å². The Morgan fingerprint density at radius 3 is 2.57 bits per heavy atom. The summed E-state index contributed by atoms with van der Waals surface area (Å²) in [5, 5.41) is 10.9. The number of hydrogen-bond donors (Lipinski definition) is 2. The Morgan fingerprint density at radius 1 is 1.25 bits per heavy atom. The molecule has 0 amide bonds. The quantitative estimate of drug-likeness (QED) is 0.227. The lowest BCUT2D eigenvalue weighted by Gasteiger charge is -2.24. The van der Waals surface area contributed by atoms with Gasteiger partial charge >= 0.3 is 0 Å². The summed E-state index contributed by atoms with van der Waals surface area (Å²) < 4.78 is 7.20. The van der Waals surface area contributed by atoms with Gasteiger partial charge in [0.25, 0.3) is 0 Å². The van der Waals surface area contributed by atoms with Crippen LogP contribution in [0.1, 0.15) is 24.9 Å². The lowest BCUT2D eigenvalue weighted by molar-refractivity contribution is 0.306. The second-order valence-electron chi connectivity index (χ2n) is 6.52. The van der Waals surface area contributed by atoms with Crippen molar-refractivity contribution < 1.29 is 4.74 Å². The monoisotopic (exact) mass is 500 g/mol. The van der Waals surface area contributed by atoms with Crippen molar-refractivity contribution in [3.05, 3.63) is 48.3 Å². The Balaban J connectivity index is 0.00000392. The molecule has 1 unspecified atom stereocenters. The van der Waals surface area contributed by atoms with Crippen LogP contribution in [0.4, 0.5) is 0 Å². The van der Waals surface area contributed by atoms with Gasteiger partial charge in [-0.3, -0.25) is 9.67 Å². The molecule has 0 radical (unpaired) electrons. The SMILES string of the molecule is CCNC(=NCC(c1ccc(OC)cc1)N(C)C)NCCCn1cccn1.I. The fourth-order valence-corrected chi connectivity index (χ4v) is 2.79. The molecular weight excluding hydrogens is 467 g/mol. The van der Waals surface area contributed by atoms with Crippen LogP contribution in [-0.4, -0.2) is 61.5 Å². The summed E-state index contributed by atoms with van der Waals surface area (Å²) in [6.07, 6.45) is 4.77. The highest BCUT2D eigenvalue weighted by Gasteiger charge is 2.14. The Hall–Kier alpha value is -1.81. The van der Waals surface area contributed by atoms with Crippen molar-refractivity contribution >= 4 is 29.9 Å². The first-order valence-corrected chi connectivity index (χ1v) is 9.44. The van der Waals surface area contributed by atoms with Gasteiger partial charge in [0.1, 0.15) is 5.75 Å². The smallest absolute Gasteiger partial charge is 0.191 e. The molecule has 28 heavy (non-hydrogen) atoms. The zero-order valence-corrected chi connectivity index (χ0v) is 19.6. The summed E-state index contributed by atoms with van der Waals surface area (Å²) in [5.74, 6) is 1.71. The molecule has 0 aliphatic rings. The molecule has 1 atom stereocenters. The minimum atomic E-state index is 0. The van der Waals surface area contributed by atoms with Gasteiger partial charge in [-0.2, -0.15) is 5.10 Å². The van der Waals surface area contributed by atoms with Gasteiger partial charge in [-0.05, 0) is 51.2 Å². The number of aromatic nitrogens is 2. The predicted molar refractivity (Wildman–Crippen MR) is 126 cm³/mol. The van der Waals surface area contributed by atoms with Crippen molar-refractivity contribution in [2.75, 3.05) is 40.8 Å². The molecule has 1 aromatic heterocycles. The van der Waals surface area contributed by atoms with Crippen LogP contribution in [-0.2, 0) is 6.54 Å². The topological polar surface area (TPSA) is 66.7 Å². The van der Waals surface area contributed by atoms with Gasteiger partial charge < -0.3 is 20.3 Å². The summed E-state index contributed by atoms with van der Waals surface area (Å²) in [5.41, 5.74) is 1.22. The molecule has 8 heteroatoms.